The van der Waals surface area contributed by atoms with Crippen LogP contribution in [0.4, 0.5) is 5.69 Å². The Morgan fingerprint density at radius 2 is 1.57 bits per heavy atom. The molecule has 2 aromatic rings. The lowest BCUT2D eigenvalue weighted by Gasteiger charge is -2.26. The van der Waals surface area contributed by atoms with Gasteiger partial charge in [-0.15, -0.1) is 0 Å². The molecule has 0 heterocycles. The minimum absolute atomic E-state index is 0.0803. The summed E-state index contributed by atoms with van der Waals surface area (Å²) in [7, 11) is -3.78. The van der Waals surface area contributed by atoms with E-state index in [1.807, 2.05) is 26.0 Å². The second-order valence-corrected chi connectivity index (χ2v) is 9.99. The maximum atomic E-state index is 13.2. The number of aryl methyl sites for hydroxylation is 3. The minimum atomic E-state index is -3.78. The molecule has 2 N–H and O–H groups in total. The quantitative estimate of drug-likeness (QED) is 0.583. The lowest BCUT2D eigenvalue weighted by atomic mass is 9.81. The maximum absolute atomic E-state index is 13.2. The first-order valence-corrected chi connectivity index (χ1v) is 11.6. The van der Waals surface area contributed by atoms with Crippen molar-refractivity contribution in [1.82, 2.24) is 0 Å². The Hall–Kier alpha value is -1.72. The van der Waals surface area contributed by atoms with Crippen LogP contribution in [-0.4, -0.2) is 13.5 Å². The number of hydrogen-bond donors (Lipinski definition) is 2. The van der Waals surface area contributed by atoms with Crippen molar-refractivity contribution < 1.29 is 13.5 Å². The topological polar surface area (TPSA) is 66.4 Å². The molecule has 0 bridgehead atoms. The zero-order valence-corrected chi connectivity index (χ0v) is 18.5. The lowest BCUT2D eigenvalue weighted by molar-refractivity contribution is 0.413. The van der Waals surface area contributed by atoms with Gasteiger partial charge in [-0.2, -0.15) is 0 Å². The van der Waals surface area contributed by atoms with E-state index in [4.69, 9.17) is 11.6 Å². The van der Waals surface area contributed by atoms with Crippen LogP contribution in [0.2, 0.25) is 5.02 Å². The van der Waals surface area contributed by atoms with Gasteiger partial charge in [0, 0.05) is 5.56 Å². The highest BCUT2D eigenvalue weighted by Gasteiger charge is 2.26. The van der Waals surface area contributed by atoms with Crippen LogP contribution in [-0.2, 0) is 10.0 Å². The molecule has 1 fully saturated rings. The van der Waals surface area contributed by atoms with Crippen molar-refractivity contribution in [2.45, 2.75) is 70.6 Å². The molecule has 3 rings (SSSR count). The van der Waals surface area contributed by atoms with Crippen LogP contribution in [0.15, 0.2) is 23.1 Å². The van der Waals surface area contributed by atoms with Gasteiger partial charge in [-0.05, 0) is 69.2 Å². The molecule has 28 heavy (non-hydrogen) atoms. The molecule has 6 heteroatoms. The number of halogens is 1. The molecule has 1 aliphatic rings. The summed E-state index contributed by atoms with van der Waals surface area (Å²) in [5.74, 6) is 0.287. The molecule has 0 unspecified atom stereocenters. The van der Waals surface area contributed by atoms with E-state index in [0.717, 1.165) is 42.4 Å². The van der Waals surface area contributed by atoms with Crippen molar-refractivity contribution in [2.24, 2.45) is 0 Å². The fourth-order valence-electron chi connectivity index (χ4n) is 4.54. The van der Waals surface area contributed by atoms with E-state index in [0.29, 0.717) is 21.7 Å². The van der Waals surface area contributed by atoms with Crippen LogP contribution in [0.1, 0.15) is 65.8 Å². The van der Waals surface area contributed by atoms with Crippen LogP contribution in [0.25, 0.3) is 0 Å². The Kier molecular flexibility index (Phi) is 5.97. The van der Waals surface area contributed by atoms with Gasteiger partial charge in [-0.3, -0.25) is 4.72 Å². The number of anilines is 1. The highest BCUT2D eigenvalue weighted by molar-refractivity contribution is 7.92. The van der Waals surface area contributed by atoms with Crippen molar-refractivity contribution in [1.29, 1.82) is 0 Å². The predicted molar refractivity (Wildman–Crippen MR) is 115 cm³/mol. The molecular formula is C22H28ClNO3S. The summed E-state index contributed by atoms with van der Waals surface area (Å²) < 4.78 is 29.1. The summed E-state index contributed by atoms with van der Waals surface area (Å²) in [4.78, 5) is 0.293. The van der Waals surface area contributed by atoms with Crippen molar-refractivity contribution in [2.75, 3.05) is 4.72 Å². The Labute approximate surface area is 173 Å². The standard InChI is InChI=1S/C22H28ClNO3S/c1-13-10-14(2)22(15(3)11-13)28(26,27)24-19-12-18(23)21(25)20(16(19)4)17-8-6-5-7-9-17/h10-12,17,24-25H,5-9H2,1-4H3. The zero-order valence-electron chi connectivity index (χ0n) is 16.9. The molecule has 0 saturated heterocycles. The monoisotopic (exact) mass is 421 g/mol. The van der Waals surface area contributed by atoms with E-state index >= 15 is 0 Å². The number of rotatable bonds is 4. The molecule has 0 aliphatic heterocycles. The van der Waals surface area contributed by atoms with E-state index in [-0.39, 0.29) is 16.7 Å². The Balaban J connectivity index is 2.06. The summed E-state index contributed by atoms with van der Waals surface area (Å²) in [6, 6.07) is 5.24. The summed E-state index contributed by atoms with van der Waals surface area (Å²) in [6.45, 7) is 7.41. The van der Waals surface area contributed by atoms with E-state index in [2.05, 4.69) is 4.72 Å². The zero-order chi connectivity index (χ0) is 20.6. The van der Waals surface area contributed by atoms with E-state index < -0.39 is 10.0 Å². The molecule has 152 valence electrons. The molecule has 0 atom stereocenters. The molecular weight excluding hydrogens is 394 g/mol. The van der Waals surface area contributed by atoms with Gasteiger partial charge >= 0.3 is 0 Å². The summed E-state index contributed by atoms with van der Waals surface area (Å²) in [6.07, 6.45) is 5.38. The first-order chi connectivity index (χ1) is 13.1. The number of nitrogens with one attached hydrogen (secondary N) is 1. The van der Waals surface area contributed by atoms with Crippen LogP contribution in [0, 0.1) is 27.7 Å². The van der Waals surface area contributed by atoms with E-state index in [9.17, 15) is 13.5 Å². The van der Waals surface area contributed by atoms with Crippen molar-refractivity contribution >= 4 is 27.3 Å². The first-order valence-electron chi connectivity index (χ1n) is 9.74. The first kappa shape index (κ1) is 21.0. The molecule has 4 nitrogen and oxygen atoms in total. The molecule has 1 saturated carbocycles. The third kappa shape index (κ3) is 4.01. The summed E-state index contributed by atoms with van der Waals surface area (Å²) in [5, 5.41) is 10.8. The normalized spacial score (nSPS) is 15.6. The van der Waals surface area contributed by atoms with Gasteiger partial charge in [0.1, 0.15) is 5.75 Å². The Morgan fingerprint density at radius 3 is 2.14 bits per heavy atom. The maximum Gasteiger partial charge on any atom is 0.262 e. The van der Waals surface area contributed by atoms with Gasteiger partial charge in [-0.1, -0.05) is 48.6 Å². The number of benzene rings is 2. The SMILES string of the molecule is Cc1cc(C)c(S(=O)(=O)Nc2cc(Cl)c(O)c(C3CCCCC3)c2C)c(C)c1. The highest BCUT2D eigenvalue weighted by Crippen LogP contribution is 2.45. The largest absolute Gasteiger partial charge is 0.506 e. The molecule has 0 amide bonds. The Morgan fingerprint density at radius 1 is 1.00 bits per heavy atom. The van der Waals surface area contributed by atoms with Gasteiger partial charge in [0.25, 0.3) is 10.0 Å². The second kappa shape index (κ2) is 7.96. The van der Waals surface area contributed by atoms with E-state index in [1.165, 1.54) is 12.5 Å². The van der Waals surface area contributed by atoms with Crippen LogP contribution in [0.3, 0.4) is 0 Å². The van der Waals surface area contributed by atoms with Crippen LogP contribution >= 0.6 is 11.6 Å². The van der Waals surface area contributed by atoms with Gasteiger partial charge in [0.05, 0.1) is 15.6 Å². The van der Waals surface area contributed by atoms with Gasteiger partial charge in [0.15, 0.2) is 0 Å². The van der Waals surface area contributed by atoms with Crippen molar-refractivity contribution in [3.05, 3.63) is 51.0 Å². The fraction of sp³-hybridized carbons (Fsp3) is 0.455. The van der Waals surface area contributed by atoms with E-state index in [1.54, 1.807) is 13.8 Å². The van der Waals surface area contributed by atoms with Crippen LogP contribution < -0.4 is 4.72 Å². The highest BCUT2D eigenvalue weighted by atomic mass is 35.5. The Bertz CT molecular complexity index is 986. The fourth-order valence-corrected chi connectivity index (χ4v) is 6.32. The smallest absolute Gasteiger partial charge is 0.262 e. The number of sulfonamides is 1. The second-order valence-electron chi connectivity index (χ2n) is 7.96. The molecule has 0 aromatic heterocycles. The average molecular weight is 422 g/mol. The van der Waals surface area contributed by atoms with Gasteiger partial charge in [0.2, 0.25) is 0 Å². The van der Waals surface area contributed by atoms with Gasteiger partial charge in [-0.25, -0.2) is 8.42 Å². The summed E-state index contributed by atoms with van der Waals surface area (Å²) >= 11 is 6.28. The number of hydrogen-bond acceptors (Lipinski definition) is 3. The predicted octanol–water partition coefficient (Wildman–Crippen LogP) is 6.13. The molecule has 0 spiro atoms. The average Bonchev–Trinajstić information content (AvgIpc) is 2.59. The molecule has 1 aliphatic carbocycles. The summed E-state index contributed by atoms with van der Waals surface area (Å²) in [5.41, 5.74) is 4.40. The van der Waals surface area contributed by atoms with Crippen molar-refractivity contribution in [3.63, 3.8) is 0 Å². The lowest BCUT2D eigenvalue weighted by Crippen LogP contribution is -2.17. The molecule has 0 radical (unpaired) electrons. The number of phenolic OH excluding ortho intramolecular Hbond substituents is 1. The number of aromatic hydroxyl groups is 1. The third-order valence-corrected chi connectivity index (χ3v) is 7.65. The third-order valence-electron chi connectivity index (χ3n) is 5.69. The number of phenols is 1. The van der Waals surface area contributed by atoms with Gasteiger partial charge < -0.3 is 5.11 Å². The minimum Gasteiger partial charge on any atom is -0.506 e. The molecule has 2 aromatic carbocycles. The van der Waals surface area contributed by atoms with Crippen LogP contribution in [0.5, 0.6) is 5.75 Å². The van der Waals surface area contributed by atoms with Crippen molar-refractivity contribution in [3.8, 4) is 5.75 Å².